The number of aryl methyl sites for hydroxylation is 1. The van der Waals surface area contributed by atoms with Crippen molar-refractivity contribution >= 4 is 37.3 Å². The van der Waals surface area contributed by atoms with Crippen LogP contribution in [0.2, 0.25) is 5.02 Å². The number of halogens is 1. The summed E-state index contributed by atoms with van der Waals surface area (Å²) >= 11 is 6.06. The van der Waals surface area contributed by atoms with Crippen LogP contribution in [0, 0.1) is 12.8 Å². The van der Waals surface area contributed by atoms with Gasteiger partial charge in [-0.25, -0.2) is 16.8 Å². The molecule has 2 fully saturated rings. The third kappa shape index (κ3) is 7.61. The van der Waals surface area contributed by atoms with E-state index in [0.717, 1.165) is 68.3 Å². The predicted molar refractivity (Wildman–Crippen MR) is 172 cm³/mol. The number of rotatable bonds is 11. The summed E-state index contributed by atoms with van der Waals surface area (Å²) < 4.78 is 59.1. The molecule has 0 amide bonds. The van der Waals surface area contributed by atoms with Crippen molar-refractivity contribution in [2.75, 3.05) is 25.4 Å². The number of nitrogens with two attached hydrogens (primary N) is 1. The lowest BCUT2D eigenvalue weighted by molar-refractivity contribution is 0.284. The summed E-state index contributed by atoms with van der Waals surface area (Å²) in [5.41, 5.74) is 9.37. The summed E-state index contributed by atoms with van der Waals surface area (Å²) in [6.07, 6.45) is 5.35. The first-order valence-corrected chi connectivity index (χ1v) is 18.2. The number of sulfonamides is 2. The minimum absolute atomic E-state index is 0.0746. The molecule has 0 unspecified atom stereocenters. The van der Waals surface area contributed by atoms with Gasteiger partial charge < -0.3 is 11.1 Å². The van der Waals surface area contributed by atoms with E-state index in [2.05, 4.69) is 5.32 Å². The van der Waals surface area contributed by atoms with E-state index < -0.39 is 20.0 Å². The average Bonchev–Trinajstić information content (AvgIpc) is 3.53. The Kier molecular flexibility index (Phi) is 10.2. The smallest absolute Gasteiger partial charge is 0.243 e. The van der Waals surface area contributed by atoms with Crippen LogP contribution >= 0.6 is 11.6 Å². The molecule has 1 aliphatic carbocycles. The molecule has 0 atom stereocenters. The van der Waals surface area contributed by atoms with Crippen LogP contribution in [0.15, 0.2) is 76.5 Å². The van der Waals surface area contributed by atoms with E-state index in [-0.39, 0.29) is 34.8 Å². The van der Waals surface area contributed by atoms with Crippen LogP contribution in [0.1, 0.15) is 55.2 Å². The first-order chi connectivity index (χ1) is 20.5. The third-order valence-corrected chi connectivity index (χ3v) is 12.7. The molecule has 5 rings (SSSR count). The first-order valence-electron chi connectivity index (χ1n) is 15.0. The molecule has 3 aromatic carbocycles. The van der Waals surface area contributed by atoms with Crippen LogP contribution in [0.25, 0.3) is 0 Å². The molecule has 1 saturated carbocycles. The molecule has 1 aliphatic heterocycles. The van der Waals surface area contributed by atoms with Crippen molar-refractivity contribution in [3.05, 3.63) is 88.4 Å². The van der Waals surface area contributed by atoms with Crippen LogP contribution in [0.4, 0.5) is 5.69 Å². The number of benzene rings is 3. The van der Waals surface area contributed by atoms with E-state index in [0.29, 0.717) is 17.3 Å². The van der Waals surface area contributed by atoms with E-state index in [9.17, 15) is 16.8 Å². The monoisotopic (exact) mass is 644 g/mol. The molecule has 43 heavy (non-hydrogen) atoms. The zero-order valence-electron chi connectivity index (χ0n) is 24.6. The Labute approximate surface area is 261 Å². The van der Waals surface area contributed by atoms with E-state index in [1.807, 2.05) is 37.3 Å². The molecule has 1 saturated heterocycles. The van der Waals surface area contributed by atoms with Crippen LogP contribution in [0.3, 0.4) is 0 Å². The van der Waals surface area contributed by atoms with Crippen LogP contribution < -0.4 is 11.1 Å². The van der Waals surface area contributed by atoms with Gasteiger partial charge in [0.15, 0.2) is 0 Å². The highest BCUT2D eigenvalue weighted by atomic mass is 35.5. The van der Waals surface area contributed by atoms with E-state index in [1.54, 1.807) is 16.4 Å². The number of hydrogen-bond acceptors (Lipinski definition) is 6. The van der Waals surface area contributed by atoms with Crippen molar-refractivity contribution in [2.24, 2.45) is 5.92 Å². The van der Waals surface area contributed by atoms with Crippen molar-refractivity contribution in [3.8, 4) is 0 Å². The molecule has 0 radical (unpaired) electrons. The highest BCUT2D eigenvalue weighted by molar-refractivity contribution is 7.89. The standard InChI is InChI=1S/C32H41ClN4O4S2/c1-24-6-7-27(20-32(24)34)22-36(21-26-16-18-35-19-17-26)42(38,39)30-12-14-31(15-13-30)43(40,41)37(29-4-2-3-5-29)23-25-8-10-28(33)11-9-25/h6-15,20,26,29,35H,2-5,16-19,21-23,34H2,1H3. The van der Waals surface area contributed by atoms with Gasteiger partial charge in [-0.05, 0) is 111 Å². The molecule has 2 aliphatic rings. The van der Waals surface area contributed by atoms with E-state index in [1.165, 1.54) is 28.6 Å². The quantitative estimate of drug-likeness (QED) is 0.265. The summed E-state index contributed by atoms with van der Waals surface area (Å²) in [5.74, 6) is 0.228. The van der Waals surface area contributed by atoms with Gasteiger partial charge in [0.25, 0.3) is 0 Å². The third-order valence-electron chi connectivity index (χ3n) is 8.67. The molecule has 0 bridgehead atoms. The van der Waals surface area contributed by atoms with Gasteiger partial charge >= 0.3 is 0 Å². The molecular formula is C32H41ClN4O4S2. The van der Waals surface area contributed by atoms with Crippen molar-refractivity contribution < 1.29 is 16.8 Å². The van der Waals surface area contributed by atoms with Gasteiger partial charge in [0.05, 0.1) is 9.79 Å². The molecular weight excluding hydrogens is 604 g/mol. The maximum Gasteiger partial charge on any atom is 0.243 e. The van der Waals surface area contributed by atoms with Gasteiger partial charge in [-0.1, -0.05) is 48.7 Å². The largest absolute Gasteiger partial charge is 0.399 e. The maximum absolute atomic E-state index is 14.0. The normalized spacial score (nSPS) is 17.2. The number of nitrogens with zero attached hydrogens (tertiary/aromatic N) is 2. The lowest BCUT2D eigenvalue weighted by atomic mass is 9.98. The minimum atomic E-state index is -3.92. The van der Waals surface area contributed by atoms with Crippen LogP contribution in [0.5, 0.6) is 0 Å². The average molecular weight is 645 g/mol. The number of nitrogen functional groups attached to an aromatic ring is 1. The number of anilines is 1. The molecule has 8 nitrogen and oxygen atoms in total. The zero-order chi connectivity index (χ0) is 30.6. The highest BCUT2D eigenvalue weighted by Gasteiger charge is 2.34. The molecule has 3 aromatic rings. The van der Waals surface area contributed by atoms with Crippen LogP contribution in [-0.4, -0.2) is 51.1 Å². The molecule has 3 N–H and O–H groups in total. The SMILES string of the molecule is Cc1ccc(CN(CC2CCNCC2)S(=O)(=O)c2ccc(S(=O)(=O)N(Cc3ccc(Cl)cc3)C3CCCC3)cc2)cc1N. The lowest BCUT2D eigenvalue weighted by Crippen LogP contribution is -2.39. The summed E-state index contributed by atoms with van der Waals surface area (Å²) in [7, 11) is -7.81. The topological polar surface area (TPSA) is 113 Å². The molecule has 11 heteroatoms. The Hall–Kier alpha value is -2.47. The van der Waals surface area contributed by atoms with Gasteiger partial charge in [0.2, 0.25) is 20.0 Å². The summed E-state index contributed by atoms with van der Waals surface area (Å²) in [6.45, 7) is 4.43. The Bertz CT molecular complexity index is 1600. The fraction of sp³-hybridized carbons (Fsp3) is 0.438. The second kappa shape index (κ2) is 13.7. The molecule has 0 aromatic heterocycles. The van der Waals surface area contributed by atoms with Gasteiger partial charge in [0, 0.05) is 36.4 Å². The van der Waals surface area contributed by atoms with Crippen molar-refractivity contribution in [1.82, 2.24) is 13.9 Å². The van der Waals surface area contributed by atoms with Crippen LogP contribution in [-0.2, 0) is 33.1 Å². The first kappa shape index (κ1) is 31.9. The number of piperidine rings is 1. The van der Waals surface area contributed by atoms with E-state index >= 15 is 0 Å². The second-order valence-electron chi connectivity index (χ2n) is 11.8. The Balaban J connectivity index is 1.42. The Morgan fingerprint density at radius 2 is 1.37 bits per heavy atom. The maximum atomic E-state index is 14.0. The predicted octanol–water partition coefficient (Wildman–Crippen LogP) is 5.55. The van der Waals surface area contributed by atoms with Crippen molar-refractivity contribution in [2.45, 2.75) is 74.4 Å². The Morgan fingerprint density at radius 3 is 1.98 bits per heavy atom. The lowest BCUT2D eigenvalue weighted by Gasteiger charge is -2.30. The van der Waals surface area contributed by atoms with Crippen molar-refractivity contribution in [3.63, 3.8) is 0 Å². The van der Waals surface area contributed by atoms with Crippen molar-refractivity contribution in [1.29, 1.82) is 0 Å². The second-order valence-corrected chi connectivity index (χ2v) is 16.0. The molecule has 232 valence electrons. The summed E-state index contributed by atoms with van der Waals surface area (Å²) in [4.78, 5) is 0.161. The summed E-state index contributed by atoms with van der Waals surface area (Å²) in [5, 5.41) is 3.93. The fourth-order valence-electron chi connectivity index (χ4n) is 6.03. The van der Waals surface area contributed by atoms with Gasteiger partial charge in [-0.2, -0.15) is 8.61 Å². The summed E-state index contributed by atoms with van der Waals surface area (Å²) in [6, 6.07) is 18.4. The number of nitrogens with one attached hydrogen (secondary N) is 1. The fourth-order valence-corrected chi connectivity index (χ4v) is 9.34. The molecule has 1 heterocycles. The van der Waals surface area contributed by atoms with Gasteiger partial charge in [-0.3, -0.25) is 0 Å². The highest BCUT2D eigenvalue weighted by Crippen LogP contribution is 2.32. The van der Waals surface area contributed by atoms with Gasteiger partial charge in [0.1, 0.15) is 0 Å². The van der Waals surface area contributed by atoms with E-state index in [4.69, 9.17) is 17.3 Å². The number of hydrogen-bond donors (Lipinski definition) is 2. The molecule has 0 spiro atoms. The zero-order valence-corrected chi connectivity index (χ0v) is 27.0. The minimum Gasteiger partial charge on any atom is -0.399 e. The van der Waals surface area contributed by atoms with Gasteiger partial charge in [-0.15, -0.1) is 0 Å². The Morgan fingerprint density at radius 1 is 0.791 bits per heavy atom.